The molecule has 0 radical (unpaired) electrons. The lowest BCUT2D eigenvalue weighted by atomic mass is 9.83. The highest BCUT2D eigenvalue weighted by Gasteiger charge is 2.47. The van der Waals surface area contributed by atoms with Crippen molar-refractivity contribution in [2.75, 3.05) is 31.1 Å². The van der Waals surface area contributed by atoms with Gasteiger partial charge in [0.05, 0.1) is 5.92 Å². The Bertz CT molecular complexity index is 988. The summed E-state index contributed by atoms with van der Waals surface area (Å²) in [7, 11) is 0. The topological polar surface area (TPSA) is 91.0 Å². The van der Waals surface area contributed by atoms with Gasteiger partial charge in [0.25, 0.3) is 0 Å². The first kappa shape index (κ1) is 26.0. The second-order valence-electron chi connectivity index (χ2n) is 12.3. The fourth-order valence-electron chi connectivity index (χ4n) is 6.53. The number of imide groups is 1. The van der Waals surface area contributed by atoms with Crippen LogP contribution in [0.15, 0.2) is 24.3 Å². The molecule has 2 aliphatic carbocycles. The lowest BCUT2D eigenvalue weighted by Crippen LogP contribution is -2.48. The number of alkyl carbamates (subject to hydrolysis) is 1. The summed E-state index contributed by atoms with van der Waals surface area (Å²) in [6.45, 7) is 9.92. The van der Waals surface area contributed by atoms with Gasteiger partial charge in [-0.05, 0) is 88.8 Å². The summed E-state index contributed by atoms with van der Waals surface area (Å²) < 4.78 is 5.42. The molecular weight excluding hydrogens is 468 g/mol. The maximum Gasteiger partial charge on any atom is 0.407 e. The normalized spacial score (nSPS) is 31.0. The van der Waals surface area contributed by atoms with Gasteiger partial charge >= 0.3 is 6.09 Å². The number of anilines is 1. The molecule has 1 unspecified atom stereocenters. The monoisotopic (exact) mass is 510 g/mol. The number of carbonyl (C=O) groups excluding carboxylic acids is 3. The maximum absolute atomic E-state index is 12.2. The minimum absolute atomic E-state index is 0.170. The van der Waals surface area contributed by atoms with E-state index < -0.39 is 5.60 Å². The van der Waals surface area contributed by atoms with E-state index in [2.05, 4.69) is 32.6 Å². The van der Waals surface area contributed by atoms with Gasteiger partial charge in [0.15, 0.2) is 0 Å². The maximum atomic E-state index is 12.2. The van der Waals surface area contributed by atoms with Crippen LogP contribution < -0.4 is 15.5 Å². The molecule has 1 aromatic rings. The number of hydrogen-bond donors (Lipinski definition) is 2. The van der Waals surface area contributed by atoms with Crippen molar-refractivity contribution < 1.29 is 19.1 Å². The number of amides is 3. The van der Waals surface area contributed by atoms with E-state index in [9.17, 15) is 14.4 Å². The Morgan fingerprint density at radius 3 is 2.27 bits per heavy atom. The minimum Gasteiger partial charge on any atom is -0.444 e. The number of hydrogen-bond acceptors (Lipinski definition) is 6. The van der Waals surface area contributed by atoms with E-state index in [1.54, 1.807) is 0 Å². The molecule has 4 fully saturated rings. The van der Waals surface area contributed by atoms with Crippen molar-refractivity contribution in [1.29, 1.82) is 0 Å². The molecule has 2 saturated carbocycles. The zero-order chi connectivity index (χ0) is 26.2. The van der Waals surface area contributed by atoms with Crippen molar-refractivity contribution in [3.63, 3.8) is 0 Å². The molecule has 0 bridgehead atoms. The second-order valence-corrected chi connectivity index (χ2v) is 12.3. The molecule has 8 heteroatoms. The lowest BCUT2D eigenvalue weighted by molar-refractivity contribution is -0.134. The smallest absolute Gasteiger partial charge is 0.407 e. The number of piperidine rings is 1. The standard InChI is InChI=1S/C29H42N4O4/c1-29(2,3)37-28(36)30-21-8-4-20(5-9-21)24-18-25(24)33-16-14-32(15-17-33)22-10-6-19(7-11-22)23-12-13-26(34)31-27(23)35/h6-7,10-11,20-21,23-25H,4-5,8-9,12-18H2,1-3H3,(H,30,36)(H,31,34,35)/t20?,21?,23?,24-,25+/m0/s1. The lowest BCUT2D eigenvalue weighted by Gasteiger charge is -2.37. The number of carbonyl (C=O) groups is 3. The molecule has 5 rings (SSSR count). The Kier molecular flexibility index (Phi) is 7.48. The van der Waals surface area contributed by atoms with Crippen LogP contribution in [0.1, 0.15) is 77.2 Å². The largest absolute Gasteiger partial charge is 0.444 e. The van der Waals surface area contributed by atoms with Crippen molar-refractivity contribution in [2.45, 2.75) is 89.3 Å². The molecule has 8 nitrogen and oxygen atoms in total. The van der Waals surface area contributed by atoms with Crippen LogP contribution in [0.3, 0.4) is 0 Å². The summed E-state index contributed by atoms with van der Waals surface area (Å²) in [4.78, 5) is 40.8. The zero-order valence-corrected chi connectivity index (χ0v) is 22.5. The molecule has 202 valence electrons. The SMILES string of the molecule is CC(C)(C)OC(=O)NC1CCC([C@@H]2C[C@H]2N2CCN(c3ccc(C4CCC(=O)NC4=O)cc3)CC2)CC1. The average molecular weight is 511 g/mol. The second kappa shape index (κ2) is 10.6. The molecule has 37 heavy (non-hydrogen) atoms. The summed E-state index contributed by atoms with van der Waals surface area (Å²) in [5, 5.41) is 5.52. The highest BCUT2D eigenvalue weighted by molar-refractivity contribution is 6.00. The minimum atomic E-state index is -0.453. The van der Waals surface area contributed by atoms with Crippen LogP contribution in [0.5, 0.6) is 0 Å². The van der Waals surface area contributed by atoms with Crippen LogP contribution in [-0.4, -0.2) is 66.7 Å². The number of ether oxygens (including phenoxy) is 1. The average Bonchev–Trinajstić information content (AvgIpc) is 3.65. The van der Waals surface area contributed by atoms with Gasteiger partial charge < -0.3 is 15.0 Å². The number of piperazine rings is 1. The fourth-order valence-corrected chi connectivity index (χ4v) is 6.53. The molecule has 2 aliphatic heterocycles. The fraction of sp³-hybridized carbons (Fsp3) is 0.690. The summed E-state index contributed by atoms with van der Waals surface area (Å²) >= 11 is 0. The van der Waals surface area contributed by atoms with Crippen molar-refractivity contribution in [2.24, 2.45) is 11.8 Å². The van der Waals surface area contributed by atoms with Crippen LogP contribution in [0, 0.1) is 11.8 Å². The predicted molar refractivity (Wildman–Crippen MR) is 142 cm³/mol. The molecule has 2 heterocycles. The van der Waals surface area contributed by atoms with Gasteiger partial charge in [0.1, 0.15) is 5.60 Å². The van der Waals surface area contributed by atoms with E-state index in [0.717, 1.165) is 62.5 Å². The molecule has 2 N–H and O–H groups in total. The molecule has 4 aliphatic rings. The Balaban J connectivity index is 1.04. The molecule has 3 atom stereocenters. The van der Waals surface area contributed by atoms with Crippen molar-refractivity contribution in [1.82, 2.24) is 15.5 Å². The van der Waals surface area contributed by atoms with Crippen LogP contribution in [0.4, 0.5) is 10.5 Å². The Hall–Kier alpha value is -2.61. The quantitative estimate of drug-likeness (QED) is 0.586. The zero-order valence-electron chi connectivity index (χ0n) is 22.5. The molecular formula is C29H42N4O4. The molecule has 2 saturated heterocycles. The number of benzene rings is 1. The van der Waals surface area contributed by atoms with Crippen LogP contribution in [0.25, 0.3) is 0 Å². The van der Waals surface area contributed by atoms with Gasteiger partial charge in [-0.15, -0.1) is 0 Å². The Labute approximate surface area is 220 Å². The third-order valence-corrected chi connectivity index (χ3v) is 8.59. The van der Waals surface area contributed by atoms with E-state index in [4.69, 9.17) is 4.74 Å². The van der Waals surface area contributed by atoms with E-state index in [-0.39, 0.29) is 29.9 Å². The third-order valence-electron chi connectivity index (χ3n) is 8.59. The van der Waals surface area contributed by atoms with E-state index >= 15 is 0 Å². The number of nitrogens with zero attached hydrogens (tertiary/aromatic N) is 2. The molecule has 0 aromatic heterocycles. The third kappa shape index (κ3) is 6.46. The summed E-state index contributed by atoms with van der Waals surface area (Å²) in [6.07, 6.45) is 6.52. The van der Waals surface area contributed by atoms with Crippen LogP contribution in [-0.2, 0) is 14.3 Å². The Morgan fingerprint density at radius 1 is 0.973 bits per heavy atom. The summed E-state index contributed by atoms with van der Waals surface area (Å²) in [5.74, 6) is 1.01. The van der Waals surface area contributed by atoms with Gasteiger partial charge in [-0.25, -0.2) is 4.79 Å². The highest BCUT2D eigenvalue weighted by atomic mass is 16.6. The van der Waals surface area contributed by atoms with Crippen molar-refractivity contribution in [3.05, 3.63) is 29.8 Å². The van der Waals surface area contributed by atoms with Gasteiger partial charge in [-0.2, -0.15) is 0 Å². The van der Waals surface area contributed by atoms with E-state index in [1.807, 2.05) is 32.9 Å². The first-order chi connectivity index (χ1) is 17.7. The first-order valence-electron chi connectivity index (χ1n) is 14.1. The summed E-state index contributed by atoms with van der Waals surface area (Å²) in [5.41, 5.74) is 1.74. The van der Waals surface area contributed by atoms with Gasteiger partial charge in [-0.1, -0.05) is 12.1 Å². The molecule has 0 spiro atoms. The first-order valence-corrected chi connectivity index (χ1v) is 14.1. The van der Waals surface area contributed by atoms with Crippen molar-refractivity contribution in [3.8, 4) is 0 Å². The Morgan fingerprint density at radius 2 is 1.65 bits per heavy atom. The van der Waals surface area contributed by atoms with E-state index in [0.29, 0.717) is 12.8 Å². The molecule has 1 aromatic carbocycles. The van der Waals surface area contributed by atoms with Gasteiger partial charge in [0.2, 0.25) is 11.8 Å². The van der Waals surface area contributed by atoms with Crippen molar-refractivity contribution >= 4 is 23.6 Å². The number of nitrogens with one attached hydrogen (secondary N) is 2. The predicted octanol–water partition coefficient (Wildman–Crippen LogP) is 3.80. The highest BCUT2D eigenvalue weighted by Crippen LogP contribution is 2.47. The van der Waals surface area contributed by atoms with Gasteiger partial charge in [-0.3, -0.25) is 19.8 Å². The number of rotatable bonds is 5. The van der Waals surface area contributed by atoms with E-state index in [1.165, 1.54) is 24.9 Å². The van der Waals surface area contributed by atoms with Gasteiger partial charge in [0, 0.05) is 50.4 Å². The van der Waals surface area contributed by atoms with Crippen LogP contribution >= 0.6 is 0 Å². The summed E-state index contributed by atoms with van der Waals surface area (Å²) in [6, 6.07) is 9.31. The van der Waals surface area contributed by atoms with Crippen LogP contribution in [0.2, 0.25) is 0 Å². The molecule has 3 amide bonds.